The number of nitrogens with zero attached hydrogens (tertiary/aromatic N) is 2. The number of aromatic nitrogens is 2. The summed E-state index contributed by atoms with van der Waals surface area (Å²) in [5, 5.41) is 0. The molecule has 1 spiro atoms. The molecular weight excluding hydrogens is 230 g/mol. The lowest BCUT2D eigenvalue weighted by molar-refractivity contribution is -0.118. The molecule has 5 heteroatoms. The number of nitrogens with one attached hydrogen (secondary N) is 1. The standard InChI is InChI=1S/C13H19N3O2/c17-12(11-14-6-7-15-11)16-8-9-18-13(10-16)4-2-1-3-5-13/h6-7H,1-5,8-10H2,(H,14,15). The highest BCUT2D eigenvalue weighted by molar-refractivity contribution is 5.90. The fourth-order valence-corrected chi connectivity index (χ4v) is 3.05. The topological polar surface area (TPSA) is 58.2 Å². The number of ether oxygens (including phenoxy) is 1. The SMILES string of the molecule is O=C(c1ncc[nH]1)N1CCOC2(CCCCC2)C1. The number of amides is 1. The van der Waals surface area contributed by atoms with Crippen molar-refractivity contribution >= 4 is 5.91 Å². The first-order valence-electron chi connectivity index (χ1n) is 6.72. The van der Waals surface area contributed by atoms with Crippen LogP contribution in [0.4, 0.5) is 0 Å². The van der Waals surface area contributed by atoms with Gasteiger partial charge >= 0.3 is 0 Å². The van der Waals surface area contributed by atoms with Crippen LogP contribution in [0.1, 0.15) is 42.7 Å². The number of hydrogen-bond donors (Lipinski definition) is 1. The number of morpholine rings is 1. The molecule has 1 saturated heterocycles. The third-order valence-electron chi connectivity index (χ3n) is 4.00. The number of hydrogen-bond acceptors (Lipinski definition) is 3. The summed E-state index contributed by atoms with van der Waals surface area (Å²) >= 11 is 0. The lowest BCUT2D eigenvalue weighted by Gasteiger charge is -2.44. The summed E-state index contributed by atoms with van der Waals surface area (Å²) in [6.07, 6.45) is 9.17. The maximum Gasteiger partial charge on any atom is 0.289 e. The molecule has 18 heavy (non-hydrogen) atoms. The minimum Gasteiger partial charge on any atom is -0.371 e. The molecule has 3 rings (SSSR count). The molecule has 98 valence electrons. The highest BCUT2D eigenvalue weighted by Gasteiger charge is 2.39. The predicted octanol–water partition coefficient (Wildman–Crippen LogP) is 1.58. The van der Waals surface area contributed by atoms with Gasteiger partial charge in [-0.2, -0.15) is 0 Å². The lowest BCUT2D eigenvalue weighted by atomic mass is 9.83. The van der Waals surface area contributed by atoms with Crippen molar-refractivity contribution in [1.82, 2.24) is 14.9 Å². The second-order valence-corrected chi connectivity index (χ2v) is 5.26. The smallest absolute Gasteiger partial charge is 0.289 e. The zero-order valence-electron chi connectivity index (χ0n) is 10.5. The molecule has 0 bridgehead atoms. The molecule has 1 N–H and O–H groups in total. The molecule has 2 aliphatic rings. The fourth-order valence-electron chi connectivity index (χ4n) is 3.05. The average Bonchev–Trinajstić information content (AvgIpc) is 2.93. The van der Waals surface area contributed by atoms with Crippen LogP contribution in [0.2, 0.25) is 0 Å². The molecule has 0 radical (unpaired) electrons. The van der Waals surface area contributed by atoms with Crippen molar-refractivity contribution in [1.29, 1.82) is 0 Å². The molecule has 1 aliphatic heterocycles. The van der Waals surface area contributed by atoms with Gasteiger partial charge in [-0.3, -0.25) is 4.79 Å². The van der Waals surface area contributed by atoms with Crippen molar-refractivity contribution in [3.8, 4) is 0 Å². The van der Waals surface area contributed by atoms with Crippen molar-refractivity contribution in [3.05, 3.63) is 18.2 Å². The van der Waals surface area contributed by atoms with E-state index >= 15 is 0 Å². The van der Waals surface area contributed by atoms with Crippen molar-refractivity contribution in [2.75, 3.05) is 19.7 Å². The Bertz CT molecular complexity index is 404. The molecule has 1 aromatic rings. The Kier molecular flexibility index (Phi) is 3.07. The minimum absolute atomic E-state index is 0.00625. The zero-order chi connectivity index (χ0) is 12.4. The van der Waals surface area contributed by atoms with Gasteiger partial charge in [-0.1, -0.05) is 19.3 Å². The van der Waals surface area contributed by atoms with Gasteiger partial charge < -0.3 is 14.6 Å². The van der Waals surface area contributed by atoms with E-state index in [1.807, 2.05) is 4.90 Å². The number of carbonyl (C=O) groups is 1. The summed E-state index contributed by atoms with van der Waals surface area (Å²) in [5.74, 6) is 0.427. The van der Waals surface area contributed by atoms with Crippen molar-refractivity contribution in [2.24, 2.45) is 0 Å². The molecule has 1 aliphatic carbocycles. The van der Waals surface area contributed by atoms with E-state index in [1.54, 1.807) is 12.4 Å². The van der Waals surface area contributed by atoms with Gasteiger partial charge in [0.25, 0.3) is 5.91 Å². The highest BCUT2D eigenvalue weighted by Crippen LogP contribution is 2.34. The Morgan fingerprint density at radius 3 is 2.94 bits per heavy atom. The van der Waals surface area contributed by atoms with Crippen LogP contribution in [0, 0.1) is 0 Å². The van der Waals surface area contributed by atoms with Crippen LogP contribution in [0.25, 0.3) is 0 Å². The van der Waals surface area contributed by atoms with Crippen LogP contribution in [-0.2, 0) is 4.74 Å². The molecule has 1 amide bonds. The van der Waals surface area contributed by atoms with Gasteiger partial charge in [0, 0.05) is 18.9 Å². The van der Waals surface area contributed by atoms with Gasteiger partial charge in [0.15, 0.2) is 5.82 Å². The Morgan fingerprint density at radius 1 is 1.39 bits per heavy atom. The van der Waals surface area contributed by atoms with E-state index < -0.39 is 0 Å². The summed E-state index contributed by atoms with van der Waals surface area (Å²) in [6.45, 7) is 2.03. The molecule has 1 saturated carbocycles. The van der Waals surface area contributed by atoms with Crippen LogP contribution in [0.15, 0.2) is 12.4 Å². The van der Waals surface area contributed by atoms with E-state index in [0.29, 0.717) is 25.5 Å². The van der Waals surface area contributed by atoms with E-state index in [2.05, 4.69) is 9.97 Å². The highest BCUT2D eigenvalue weighted by atomic mass is 16.5. The third kappa shape index (κ3) is 2.14. The molecule has 0 atom stereocenters. The lowest BCUT2D eigenvalue weighted by Crippen LogP contribution is -2.54. The van der Waals surface area contributed by atoms with Crippen molar-refractivity contribution in [2.45, 2.75) is 37.7 Å². The molecule has 0 unspecified atom stereocenters. The Labute approximate surface area is 107 Å². The van der Waals surface area contributed by atoms with Crippen molar-refractivity contribution in [3.63, 3.8) is 0 Å². The molecule has 2 heterocycles. The van der Waals surface area contributed by atoms with Crippen LogP contribution >= 0.6 is 0 Å². The fraction of sp³-hybridized carbons (Fsp3) is 0.692. The van der Waals surface area contributed by atoms with Gasteiger partial charge in [0.1, 0.15) is 0 Å². The largest absolute Gasteiger partial charge is 0.371 e. The Morgan fingerprint density at radius 2 is 2.22 bits per heavy atom. The van der Waals surface area contributed by atoms with Crippen LogP contribution in [0.3, 0.4) is 0 Å². The Hall–Kier alpha value is -1.36. The maximum absolute atomic E-state index is 12.3. The average molecular weight is 249 g/mol. The summed E-state index contributed by atoms with van der Waals surface area (Å²) in [4.78, 5) is 21.1. The number of aromatic amines is 1. The van der Waals surface area contributed by atoms with Gasteiger partial charge in [0.05, 0.1) is 18.8 Å². The second kappa shape index (κ2) is 4.72. The third-order valence-corrected chi connectivity index (χ3v) is 4.00. The molecule has 5 nitrogen and oxygen atoms in total. The molecular formula is C13H19N3O2. The maximum atomic E-state index is 12.3. The normalized spacial score (nSPS) is 23.2. The van der Waals surface area contributed by atoms with E-state index in [-0.39, 0.29) is 11.5 Å². The zero-order valence-corrected chi connectivity index (χ0v) is 10.5. The first kappa shape index (κ1) is 11.7. The van der Waals surface area contributed by atoms with E-state index in [9.17, 15) is 4.79 Å². The van der Waals surface area contributed by atoms with Gasteiger partial charge in [0.2, 0.25) is 0 Å². The summed E-state index contributed by atoms with van der Waals surface area (Å²) < 4.78 is 5.98. The predicted molar refractivity (Wildman–Crippen MR) is 66.3 cm³/mol. The van der Waals surface area contributed by atoms with Crippen LogP contribution < -0.4 is 0 Å². The first-order chi connectivity index (χ1) is 8.79. The minimum atomic E-state index is -0.0846. The van der Waals surface area contributed by atoms with Gasteiger partial charge in [-0.15, -0.1) is 0 Å². The van der Waals surface area contributed by atoms with Gasteiger partial charge in [-0.05, 0) is 12.8 Å². The molecule has 0 aromatic carbocycles. The number of carbonyl (C=O) groups excluding carboxylic acids is 1. The first-order valence-corrected chi connectivity index (χ1v) is 6.72. The summed E-state index contributed by atoms with van der Waals surface area (Å²) in [6, 6.07) is 0. The quantitative estimate of drug-likeness (QED) is 0.822. The second-order valence-electron chi connectivity index (χ2n) is 5.26. The van der Waals surface area contributed by atoms with Crippen LogP contribution in [-0.4, -0.2) is 46.1 Å². The number of H-pyrrole nitrogens is 1. The summed E-state index contributed by atoms with van der Waals surface area (Å²) in [5.41, 5.74) is -0.0846. The van der Waals surface area contributed by atoms with Crippen molar-refractivity contribution < 1.29 is 9.53 Å². The van der Waals surface area contributed by atoms with Gasteiger partial charge in [-0.25, -0.2) is 4.98 Å². The monoisotopic (exact) mass is 249 g/mol. The Balaban J connectivity index is 1.72. The number of rotatable bonds is 1. The van der Waals surface area contributed by atoms with E-state index in [4.69, 9.17) is 4.74 Å². The van der Waals surface area contributed by atoms with Crippen LogP contribution in [0.5, 0.6) is 0 Å². The number of imidazole rings is 1. The molecule has 2 fully saturated rings. The summed E-state index contributed by atoms with van der Waals surface area (Å²) in [7, 11) is 0. The molecule has 1 aromatic heterocycles. The van der Waals surface area contributed by atoms with E-state index in [1.165, 1.54) is 19.3 Å². The van der Waals surface area contributed by atoms with E-state index in [0.717, 1.165) is 12.8 Å².